The van der Waals surface area contributed by atoms with Gasteiger partial charge in [-0.2, -0.15) is 4.98 Å². The van der Waals surface area contributed by atoms with Gasteiger partial charge in [-0.1, -0.05) is 5.16 Å². The molecule has 0 aliphatic carbocycles. The summed E-state index contributed by atoms with van der Waals surface area (Å²) in [7, 11) is 6.01. The molecule has 1 fully saturated rings. The van der Waals surface area contributed by atoms with E-state index >= 15 is 0 Å². The number of nitrogens with zero attached hydrogens (tertiary/aromatic N) is 5. The zero-order chi connectivity index (χ0) is 15.4. The number of likely N-dealkylation sites (tertiary alicyclic amines) is 1. The van der Waals surface area contributed by atoms with Crippen LogP contribution in [0.3, 0.4) is 0 Å². The molecule has 1 atom stereocenters. The molecule has 2 heterocycles. The van der Waals surface area contributed by atoms with Crippen LogP contribution >= 0.6 is 0 Å². The average molecular weight is 295 g/mol. The van der Waals surface area contributed by atoms with Crippen molar-refractivity contribution in [2.45, 2.75) is 25.8 Å². The number of hydrogen-bond donors (Lipinski definition) is 0. The van der Waals surface area contributed by atoms with E-state index in [-0.39, 0.29) is 5.91 Å². The molecule has 1 saturated heterocycles. The molecule has 1 aromatic heterocycles. The van der Waals surface area contributed by atoms with Crippen molar-refractivity contribution < 1.29 is 9.32 Å². The fourth-order valence-corrected chi connectivity index (χ4v) is 2.52. The predicted octanol–water partition coefficient (Wildman–Crippen LogP) is 0.0148. The van der Waals surface area contributed by atoms with Crippen LogP contribution in [0.15, 0.2) is 4.52 Å². The molecule has 0 aromatic carbocycles. The van der Waals surface area contributed by atoms with E-state index in [1.807, 2.05) is 7.05 Å². The molecule has 7 nitrogen and oxygen atoms in total. The Morgan fingerprint density at radius 2 is 2.19 bits per heavy atom. The van der Waals surface area contributed by atoms with Crippen LogP contribution in [0.4, 0.5) is 0 Å². The van der Waals surface area contributed by atoms with Crippen molar-refractivity contribution in [2.24, 2.45) is 0 Å². The predicted molar refractivity (Wildman–Crippen MR) is 78.9 cm³/mol. The molecule has 21 heavy (non-hydrogen) atoms. The van der Waals surface area contributed by atoms with Crippen molar-refractivity contribution in [3.8, 4) is 0 Å². The zero-order valence-corrected chi connectivity index (χ0v) is 13.4. The van der Waals surface area contributed by atoms with E-state index in [4.69, 9.17) is 4.52 Å². The van der Waals surface area contributed by atoms with Crippen LogP contribution in [-0.2, 0) is 11.2 Å². The minimum absolute atomic E-state index is 0.148. The van der Waals surface area contributed by atoms with E-state index < -0.39 is 0 Å². The van der Waals surface area contributed by atoms with Crippen LogP contribution in [0.5, 0.6) is 0 Å². The lowest BCUT2D eigenvalue weighted by Crippen LogP contribution is -2.39. The van der Waals surface area contributed by atoms with Crippen LogP contribution in [0.1, 0.15) is 18.1 Å². The molecular weight excluding hydrogens is 270 g/mol. The van der Waals surface area contributed by atoms with Gasteiger partial charge in [-0.25, -0.2) is 0 Å². The molecule has 2 rings (SSSR count). The molecule has 1 aliphatic rings. The first kappa shape index (κ1) is 15.9. The quantitative estimate of drug-likeness (QED) is 0.737. The highest BCUT2D eigenvalue weighted by Crippen LogP contribution is 2.12. The third-order valence-electron chi connectivity index (χ3n) is 4.00. The van der Waals surface area contributed by atoms with E-state index in [1.165, 1.54) is 0 Å². The number of aryl methyl sites for hydroxylation is 1. The van der Waals surface area contributed by atoms with Crippen molar-refractivity contribution in [1.29, 1.82) is 0 Å². The Labute approximate surface area is 125 Å². The van der Waals surface area contributed by atoms with Gasteiger partial charge in [0, 0.05) is 46.1 Å². The third kappa shape index (κ3) is 4.50. The minimum atomic E-state index is 0.148. The lowest BCUT2D eigenvalue weighted by atomic mass is 10.2. The summed E-state index contributed by atoms with van der Waals surface area (Å²) in [5.74, 6) is 1.36. The number of hydrogen-bond acceptors (Lipinski definition) is 6. The van der Waals surface area contributed by atoms with Gasteiger partial charge in [-0.3, -0.25) is 9.69 Å². The lowest BCUT2D eigenvalue weighted by molar-refractivity contribution is -0.130. The number of amides is 1. The number of carbonyl (C=O) groups is 1. The van der Waals surface area contributed by atoms with Gasteiger partial charge in [0.25, 0.3) is 0 Å². The zero-order valence-electron chi connectivity index (χ0n) is 13.4. The second-order valence-corrected chi connectivity index (χ2v) is 5.94. The fourth-order valence-electron chi connectivity index (χ4n) is 2.52. The number of carbonyl (C=O) groups excluding carboxylic acids is 1. The maximum atomic E-state index is 12.2. The first-order valence-electron chi connectivity index (χ1n) is 7.37. The Morgan fingerprint density at radius 1 is 1.43 bits per heavy atom. The van der Waals surface area contributed by atoms with Crippen molar-refractivity contribution in [3.05, 3.63) is 11.7 Å². The summed E-state index contributed by atoms with van der Waals surface area (Å²) in [6.45, 7) is 4.83. The molecule has 0 bridgehead atoms. The molecule has 0 spiro atoms. The van der Waals surface area contributed by atoms with Gasteiger partial charge in [-0.05, 0) is 20.5 Å². The summed E-state index contributed by atoms with van der Waals surface area (Å²) in [6.07, 6.45) is 1.76. The first-order valence-corrected chi connectivity index (χ1v) is 7.37. The van der Waals surface area contributed by atoms with Crippen LogP contribution in [0.25, 0.3) is 0 Å². The molecular formula is C14H25N5O2. The van der Waals surface area contributed by atoms with Crippen LogP contribution < -0.4 is 0 Å². The van der Waals surface area contributed by atoms with Crippen LogP contribution in [0, 0.1) is 6.92 Å². The van der Waals surface area contributed by atoms with E-state index in [1.54, 1.807) is 11.8 Å². The van der Waals surface area contributed by atoms with Gasteiger partial charge in [0.2, 0.25) is 11.8 Å². The number of likely N-dealkylation sites (N-methyl/N-ethyl adjacent to an activating group) is 2. The third-order valence-corrected chi connectivity index (χ3v) is 4.00. The van der Waals surface area contributed by atoms with Gasteiger partial charge in [0.15, 0.2) is 5.82 Å². The Hall–Kier alpha value is -1.47. The monoisotopic (exact) mass is 295 g/mol. The largest absolute Gasteiger partial charge is 0.344 e. The van der Waals surface area contributed by atoms with E-state index in [9.17, 15) is 4.79 Å². The molecule has 0 N–H and O–H groups in total. The summed E-state index contributed by atoms with van der Waals surface area (Å²) in [5, 5.41) is 3.84. The number of aromatic nitrogens is 2. The highest BCUT2D eigenvalue weighted by molar-refractivity contribution is 5.78. The summed E-state index contributed by atoms with van der Waals surface area (Å²) >= 11 is 0. The smallest absolute Gasteiger partial charge is 0.236 e. The van der Waals surface area contributed by atoms with Gasteiger partial charge in [-0.15, -0.1) is 0 Å². The molecule has 0 saturated carbocycles. The molecule has 1 amide bonds. The molecule has 1 aliphatic heterocycles. The van der Waals surface area contributed by atoms with Gasteiger partial charge < -0.3 is 14.3 Å². The molecule has 7 heteroatoms. The second kappa shape index (κ2) is 7.00. The van der Waals surface area contributed by atoms with Gasteiger partial charge in [0.05, 0.1) is 6.54 Å². The Kier molecular flexibility index (Phi) is 5.30. The molecule has 0 unspecified atom stereocenters. The highest BCUT2D eigenvalue weighted by Gasteiger charge is 2.26. The van der Waals surface area contributed by atoms with E-state index in [2.05, 4.69) is 34.0 Å². The van der Waals surface area contributed by atoms with E-state index in [0.717, 1.165) is 19.5 Å². The molecule has 1 aromatic rings. The second-order valence-electron chi connectivity index (χ2n) is 5.94. The summed E-state index contributed by atoms with van der Waals surface area (Å²) < 4.78 is 4.92. The summed E-state index contributed by atoms with van der Waals surface area (Å²) in [4.78, 5) is 22.5. The first-order chi connectivity index (χ1) is 9.95. The van der Waals surface area contributed by atoms with Gasteiger partial charge >= 0.3 is 0 Å². The maximum absolute atomic E-state index is 12.2. The van der Waals surface area contributed by atoms with E-state index in [0.29, 0.717) is 37.3 Å². The standard InChI is InChI=1S/C14H25N5O2/c1-11-15-13(16-21-11)6-7-18(4)14(20)10-19-8-5-12(9-19)17(2)3/h12H,5-10H2,1-4H3/t12-/m1/s1. The van der Waals surface area contributed by atoms with Crippen molar-refractivity contribution >= 4 is 5.91 Å². The van der Waals surface area contributed by atoms with Crippen molar-refractivity contribution in [3.63, 3.8) is 0 Å². The molecule has 118 valence electrons. The van der Waals surface area contributed by atoms with Gasteiger partial charge in [0.1, 0.15) is 0 Å². The summed E-state index contributed by atoms with van der Waals surface area (Å²) in [6, 6.07) is 0.561. The van der Waals surface area contributed by atoms with Crippen molar-refractivity contribution in [1.82, 2.24) is 24.8 Å². The highest BCUT2D eigenvalue weighted by atomic mass is 16.5. The van der Waals surface area contributed by atoms with Crippen LogP contribution in [0.2, 0.25) is 0 Å². The Balaban J connectivity index is 1.73. The number of rotatable bonds is 6. The molecule has 0 radical (unpaired) electrons. The average Bonchev–Trinajstić information content (AvgIpc) is 3.05. The maximum Gasteiger partial charge on any atom is 0.236 e. The Bertz CT molecular complexity index is 474. The lowest BCUT2D eigenvalue weighted by Gasteiger charge is -2.22. The van der Waals surface area contributed by atoms with Crippen molar-refractivity contribution in [2.75, 3.05) is 47.3 Å². The minimum Gasteiger partial charge on any atom is -0.344 e. The normalized spacial score (nSPS) is 19.4. The Morgan fingerprint density at radius 3 is 2.76 bits per heavy atom. The van der Waals surface area contributed by atoms with Crippen LogP contribution in [-0.4, -0.2) is 84.1 Å². The SMILES string of the molecule is Cc1nc(CCN(C)C(=O)CN2CC[C@@H](N(C)C)C2)no1. The fraction of sp³-hybridized carbons (Fsp3) is 0.786. The summed E-state index contributed by atoms with van der Waals surface area (Å²) in [5.41, 5.74) is 0. The topological polar surface area (TPSA) is 65.7 Å².